The molecule has 3 N–H and O–H groups in total. The van der Waals surface area contributed by atoms with Gasteiger partial charge in [0.05, 0.1) is 18.7 Å². The van der Waals surface area contributed by atoms with E-state index in [-0.39, 0.29) is 6.54 Å². The minimum atomic E-state index is -0.669. The lowest BCUT2D eigenvalue weighted by molar-refractivity contribution is -0.127. The topological polar surface area (TPSA) is 108 Å². The van der Waals surface area contributed by atoms with Crippen molar-refractivity contribution in [2.24, 2.45) is 5.73 Å². The third-order valence-corrected chi connectivity index (χ3v) is 2.36. The van der Waals surface area contributed by atoms with Gasteiger partial charge in [-0.1, -0.05) is 6.92 Å². The third kappa shape index (κ3) is 6.42. The Hall–Kier alpha value is -2.57. The van der Waals surface area contributed by atoms with Gasteiger partial charge >= 0.3 is 5.97 Å². The van der Waals surface area contributed by atoms with Crippen LogP contribution in [0.2, 0.25) is 0 Å². The number of amides is 2. The van der Waals surface area contributed by atoms with E-state index in [0.29, 0.717) is 17.9 Å². The average Bonchev–Trinajstić information content (AvgIpc) is 2.49. The fraction of sp³-hybridized carbons (Fsp3) is 0.357. The van der Waals surface area contributed by atoms with Gasteiger partial charge in [-0.15, -0.1) is 0 Å². The van der Waals surface area contributed by atoms with Crippen molar-refractivity contribution >= 4 is 17.8 Å². The van der Waals surface area contributed by atoms with Crippen LogP contribution in [-0.4, -0.2) is 37.5 Å². The van der Waals surface area contributed by atoms with Crippen molar-refractivity contribution in [2.75, 3.05) is 19.8 Å². The normalized spacial score (nSPS) is 9.76. The molecule has 114 valence electrons. The molecule has 0 atom stereocenters. The van der Waals surface area contributed by atoms with Crippen molar-refractivity contribution in [2.45, 2.75) is 13.3 Å². The highest BCUT2D eigenvalue weighted by Crippen LogP contribution is 2.13. The van der Waals surface area contributed by atoms with Crippen molar-refractivity contribution in [1.82, 2.24) is 5.32 Å². The van der Waals surface area contributed by atoms with E-state index in [2.05, 4.69) is 5.32 Å². The van der Waals surface area contributed by atoms with E-state index in [9.17, 15) is 14.4 Å². The molecule has 0 radical (unpaired) electrons. The maximum Gasteiger partial charge on any atom is 0.338 e. The average molecular weight is 294 g/mol. The summed E-state index contributed by atoms with van der Waals surface area (Å²) in [7, 11) is 0. The number of benzene rings is 1. The zero-order valence-corrected chi connectivity index (χ0v) is 11.8. The van der Waals surface area contributed by atoms with Gasteiger partial charge in [0, 0.05) is 0 Å². The van der Waals surface area contributed by atoms with Crippen molar-refractivity contribution in [3.8, 4) is 5.75 Å². The van der Waals surface area contributed by atoms with Crippen molar-refractivity contribution in [1.29, 1.82) is 0 Å². The van der Waals surface area contributed by atoms with Crippen LogP contribution in [0.25, 0.3) is 0 Å². The molecule has 1 rings (SSSR count). The Bertz CT molecular complexity index is 499. The summed E-state index contributed by atoms with van der Waals surface area (Å²) < 4.78 is 10.2. The lowest BCUT2D eigenvalue weighted by Crippen LogP contribution is -2.35. The first-order valence-corrected chi connectivity index (χ1v) is 6.48. The summed E-state index contributed by atoms with van der Waals surface area (Å²) in [6.07, 6.45) is 0.893. The van der Waals surface area contributed by atoms with Crippen LogP contribution in [-0.2, 0) is 14.3 Å². The molecule has 7 heteroatoms. The molecule has 0 aliphatic carbocycles. The number of rotatable bonds is 8. The molecule has 0 aliphatic rings. The predicted molar refractivity (Wildman–Crippen MR) is 74.7 cm³/mol. The smallest absolute Gasteiger partial charge is 0.338 e. The molecule has 21 heavy (non-hydrogen) atoms. The van der Waals surface area contributed by atoms with Crippen LogP contribution in [0.5, 0.6) is 5.75 Å². The van der Waals surface area contributed by atoms with E-state index < -0.39 is 24.4 Å². The lowest BCUT2D eigenvalue weighted by Gasteiger charge is -2.07. The van der Waals surface area contributed by atoms with E-state index in [1.807, 2.05) is 6.92 Å². The third-order valence-electron chi connectivity index (χ3n) is 2.36. The maximum absolute atomic E-state index is 11.7. The van der Waals surface area contributed by atoms with E-state index in [1.165, 1.54) is 0 Å². The van der Waals surface area contributed by atoms with Gasteiger partial charge in [-0.3, -0.25) is 9.59 Å². The molecule has 2 amide bonds. The molecule has 0 heterocycles. The zero-order valence-electron chi connectivity index (χ0n) is 11.8. The fourth-order valence-electron chi connectivity index (χ4n) is 1.36. The number of primary amides is 1. The van der Waals surface area contributed by atoms with Crippen LogP contribution in [0, 0.1) is 0 Å². The van der Waals surface area contributed by atoms with Gasteiger partial charge in [-0.25, -0.2) is 4.79 Å². The second-order valence-electron chi connectivity index (χ2n) is 4.19. The SMILES string of the molecule is CCCOc1ccc(C(=O)OCC(=O)NCC(N)=O)cc1. The van der Waals surface area contributed by atoms with Gasteiger partial charge in [-0.05, 0) is 30.7 Å². The van der Waals surface area contributed by atoms with Gasteiger partial charge in [0.25, 0.3) is 5.91 Å². The van der Waals surface area contributed by atoms with Crippen LogP contribution in [0.1, 0.15) is 23.7 Å². The number of hydrogen-bond acceptors (Lipinski definition) is 5. The molecule has 0 aliphatic heterocycles. The number of nitrogens with two attached hydrogens (primary N) is 1. The monoisotopic (exact) mass is 294 g/mol. The first kappa shape index (κ1) is 16.5. The number of hydrogen-bond donors (Lipinski definition) is 2. The number of esters is 1. The van der Waals surface area contributed by atoms with Crippen molar-refractivity contribution < 1.29 is 23.9 Å². The summed E-state index contributed by atoms with van der Waals surface area (Å²) in [5, 5.41) is 2.21. The van der Waals surface area contributed by atoms with Crippen LogP contribution in [0.3, 0.4) is 0 Å². The Balaban J connectivity index is 2.41. The number of carbonyl (C=O) groups excluding carboxylic acids is 3. The van der Waals surface area contributed by atoms with Crippen LogP contribution in [0.15, 0.2) is 24.3 Å². The van der Waals surface area contributed by atoms with Gasteiger partial charge in [0.15, 0.2) is 6.61 Å². The Morgan fingerprint density at radius 2 is 1.86 bits per heavy atom. The molecule has 1 aromatic carbocycles. The van der Waals surface area contributed by atoms with Gasteiger partial charge in [-0.2, -0.15) is 0 Å². The van der Waals surface area contributed by atoms with E-state index >= 15 is 0 Å². The van der Waals surface area contributed by atoms with E-state index in [0.717, 1.165) is 6.42 Å². The molecule has 0 saturated heterocycles. The summed E-state index contributed by atoms with van der Waals surface area (Å²) in [4.78, 5) is 33.4. The molecule has 0 unspecified atom stereocenters. The molecule has 7 nitrogen and oxygen atoms in total. The predicted octanol–water partition coefficient (Wildman–Crippen LogP) is 0.234. The molecule has 1 aromatic rings. The second kappa shape index (κ2) is 8.57. The molecule has 0 fully saturated rings. The lowest BCUT2D eigenvalue weighted by atomic mass is 10.2. The molecule has 0 bridgehead atoms. The maximum atomic E-state index is 11.7. The van der Waals surface area contributed by atoms with Crippen molar-refractivity contribution in [3.63, 3.8) is 0 Å². The summed E-state index contributed by atoms with van der Waals surface area (Å²) in [5.41, 5.74) is 5.17. The van der Waals surface area contributed by atoms with Gasteiger partial charge in [0.2, 0.25) is 5.91 Å². The van der Waals surface area contributed by atoms with Gasteiger partial charge in [0.1, 0.15) is 5.75 Å². The van der Waals surface area contributed by atoms with Crippen LogP contribution >= 0.6 is 0 Å². The number of nitrogens with one attached hydrogen (secondary N) is 1. The minimum Gasteiger partial charge on any atom is -0.494 e. The minimum absolute atomic E-state index is 0.292. The first-order valence-electron chi connectivity index (χ1n) is 6.48. The highest BCUT2D eigenvalue weighted by Gasteiger charge is 2.10. The largest absolute Gasteiger partial charge is 0.494 e. The standard InChI is InChI=1S/C14H18N2O5/c1-2-7-20-11-5-3-10(4-6-11)14(19)21-9-13(18)16-8-12(15)17/h3-6H,2,7-9H2,1H3,(H2,15,17)(H,16,18). The van der Waals surface area contributed by atoms with Crippen LogP contribution in [0.4, 0.5) is 0 Å². The summed E-state index contributed by atoms with van der Waals surface area (Å²) in [6.45, 7) is 1.83. The molecule has 0 saturated carbocycles. The van der Waals surface area contributed by atoms with Crippen molar-refractivity contribution in [3.05, 3.63) is 29.8 Å². The summed E-state index contributed by atoms with van der Waals surface area (Å²) in [5.74, 6) is -1.23. The van der Waals surface area contributed by atoms with E-state index in [4.69, 9.17) is 15.2 Å². The molecular weight excluding hydrogens is 276 g/mol. The quantitative estimate of drug-likeness (QED) is 0.667. The first-order chi connectivity index (χ1) is 10.0. The van der Waals surface area contributed by atoms with E-state index in [1.54, 1.807) is 24.3 Å². The Kier molecular flexibility index (Phi) is 6.73. The number of carbonyl (C=O) groups is 3. The summed E-state index contributed by atoms with van der Waals surface area (Å²) >= 11 is 0. The Labute approximate surface area is 122 Å². The highest BCUT2D eigenvalue weighted by molar-refractivity contribution is 5.92. The Morgan fingerprint density at radius 1 is 1.19 bits per heavy atom. The summed E-state index contributed by atoms with van der Waals surface area (Å²) in [6, 6.07) is 6.40. The molecule has 0 aromatic heterocycles. The number of ether oxygens (including phenoxy) is 2. The molecular formula is C14H18N2O5. The second-order valence-corrected chi connectivity index (χ2v) is 4.19. The van der Waals surface area contributed by atoms with Crippen LogP contribution < -0.4 is 15.8 Å². The highest BCUT2D eigenvalue weighted by atomic mass is 16.5. The van der Waals surface area contributed by atoms with Gasteiger partial charge < -0.3 is 20.5 Å². The molecule has 0 spiro atoms. The Morgan fingerprint density at radius 3 is 2.43 bits per heavy atom. The fourth-order valence-corrected chi connectivity index (χ4v) is 1.36. The zero-order chi connectivity index (χ0) is 15.7.